The number of benzene rings is 1. The monoisotopic (exact) mass is 392 g/mol. The van der Waals surface area contributed by atoms with Crippen LogP contribution in [0, 0.1) is 18.7 Å². The van der Waals surface area contributed by atoms with Crippen LogP contribution in [0.25, 0.3) is 5.69 Å². The van der Waals surface area contributed by atoms with Gasteiger partial charge >= 0.3 is 0 Å². The molecule has 0 bridgehead atoms. The molecule has 2 aromatic rings. The number of hydrogen-bond acceptors (Lipinski definition) is 3. The number of hydrogen-bond donors (Lipinski definition) is 1. The van der Waals surface area contributed by atoms with Gasteiger partial charge in [-0.25, -0.2) is 9.07 Å². The smallest absolute Gasteiger partial charge is 0.274 e. The Labute approximate surface area is 165 Å². The molecule has 5 nitrogen and oxygen atoms in total. The van der Waals surface area contributed by atoms with E-state index in [1.165, 1.54) is 6.07 Å². The molecule has 1 aliphatic carbocycles. The predicted octanol–water partition coefficient (Wildman–Crippen LogP) is 3.04. The number of fused-ring (bicyclic) bond motifs is 1. The summed E-state index contributed by atoms with van der Waals surface area (Å²) in [5.74, 6) is -0.00423. The van der Waals surface area contributed by atoms with Crippen molar-refractivity contribution in [1.82, 2.24) is 14.7 Å². The van der Waals surface area contributed by atoms with Crippen molar-refractivity contribution in [3.63, 3.8) is 0 Å². The van der Waals surface area contributed by atoms with E-state index in [1.807, 2.05) is 17.9 Å². The normalized spacial score (nSPS) is 21.3. The Kier molecular flexibility index (Phi) is 5.58. The zero-order valence-electron chi connectivity index (χ0n) is 15.7. The summed E-state index contributed by atoms with van der Waals surface area (Å²) in [7, 11) is 0. The first kappa shape index (κ1) is 19.8. The molecule has 146 valence electrons. The van der Waals surface area contributed by atoms with Gasteiger partial charge in [0.25, 0.3) is 5.91 Å². The summed E-state index contributed by atoms with van der Waals surface area (Å²) in [4.78, 5) is 15.1. The lowest BCUT2D eigenvalue weighted by Crippen LogP contribution is -2.35. The molecule has 1 fully saturated rings. The minimum atomic E-state index is -0.307. The van der Waals surface area contributed by atoms with E-state index in [-0.39, 0.29) is 30.2 Å². The Balaban J connectivity index is 0.00000210. The number of aromatic nitrogens is 2. The second-order valence-electron chi connectivity index (χ2n) is 7.64. The molecule has 1 aromatic heterocycles. The number of likely N-dealkylation sites (tertiary alicyclic amines) is 1. The summed E-state index contributed by atoms with van der Waals surface area (Å²) < 4.78 is 16.1. The molecule has 0 spiro atoms. The van der Waals surface area contributed by atoms with E-state index in [4.69, 9.17) is 5.73 Å². The van der Waals surface area contributed by atoms with Gasteiger partial charge in [-0.1, -0.05) is 6.07 Å². The number of halogens is 2. The maximum atomic E-state index is 14.5. The third kappa shape index (κ3) is 3.36. The average Bonchev–Trinajstić information content (AvgIpc) is 3.29. The molecule has 4 rings (SSSR count). The van der Waals surface area contributed by atoms with Gasteiger partial charge in [-0.15, -0.1) is 12.4 Å². The molecule has 2 heterocycles. The largest absolute Gasteiger partial charge is 0.334 e. The molecule has 7 heteroatoms. The number of aryl methyl sites for hydroxylation is 1. The number of nitrogens with two attached hydrogens (primary N) is 1. The van der Waals surface area contributed by atoms with Gasteiger partial charge in [0.1, 0.15) is 11.5 Å². The third-order valence-electron chi connectivity index (χ3n) is 5.72. The number of nitrogens with zero attached hydrogens (tertiary/aromatic N) is 3. The van der Waals surface area contributed by atoms with Crippen molar-refractivity contribution in [2.24, 2.45) is 11.7 Å². The van der Waals surface area contributed by atoms with E-state index in [2.05, 4.69) is 12.0 Å². The standard InChI is InChI=1S/C20H25FN4O.ClH/c1-12-6-7-18(16(21)8-12)25-17-5-3-4-15(17)19(23-25)20(26)24-11-14(10-22)9-13(24)2;/h6-8,13-14H,3-5,9-11,22H2,1-2H3;1H. The topological polar surface area (TPSA) is 64.2 Å². The summed E-state index contributed by atoms with van der Waals surface area (Å²) in [6, 6.07) is 5.29. The van der Waals surface area contributed by atoms with Gasteiger partial charge in [-0.3, -0.25) is 4.79 Å². The summed E-state index contributed by atoms with van der Waals surface area (Å²) >= 11 is 0. The zero-order chi connectivity index (χ0) is 18.4. The van der Waals surface area contributed by atoms with Crippen LogP contribution in [0.3, 0.4) is 0 Å². The molecule has 0 saturated carbocycles. The highest BCUT2D eigenvalue weighted by atomic mass is 35.5. The Morgan fingerprint density at radius 3 is 2.81 bits per heavy atom. The van der Waals surface area contributed by atoms with Gasteiger partial charge in [-0.05, 0) is 69.7 Å². The summed E-state index contributed by atoms with van der Waals surface area (Å²) in [5.41, 5.74) is 9.52. The quantitative estimate of drug-likeness (QED) is 0.873. The number of rotatable bonds is 3. The molecule has 2 aliphatic rings. The third-order valence-corrected chi connectivity index (χ3v) is 5.72. The lowest BCUT2D eigenvalue weighted by molar-refractivity contribution is 0.0736. The fourth-order valence-corrected chi connectivity index (χ4v) is 4.32. The SMILES string of the molecule is Cc1ccc(-n2nc(C(=O)N3CC(CN)CC3C)c3c2CCC3)c(F)c1.Cl. The summed E-state index contributed by atoms with van der Waals surface area (Å²) in [6.07, 6.45) is 3.55. The van der Waals surface area contributed by atoms with E-state index in [0.717, 1.165) is 42.5 Å². The minimum absolute atomic E-state index is 0. The van der Waals surface area contributed by atoms with Crippen LogP contribution in [-0.2, 0) is 12.8 Å². The number of carbonyl (C=O) groups is 1. The maximum Gasteiger partial charge on any atom is 0.274 e. The van der Waals surface area contributed by atoms with Crippen LogP contribution < -0.4 is 5.73 Å². The van der Waals surface area contributed by atoms with Crippen molar-refractivity contribution in [3.8, 4) is 5.69 Å². The van der Waals surface area contributed by atoms with E-state index < -0.39 is 0 Å². The first-order valence-corrected chi connectivity index (χ1v) is 9.38. The minimum Gasteiger partial charge on any atom is -0.334 e. The molecule has 2 atom stereocenters. The van der Waals surface area contributed by atoms with Crippen molar-refractivity contribution < 1.29 is 9.18 Å². The molecule has 1 saturated heterocycles. The molecule has 1 aliphatic heterocycles. The lowest BCUT2D eigenvalue weighted by atomic mass is 10.1. The Hall–Kier alpha value is -1.92. The van der Waals surface area contributed by atoms with E-state index in [9.17, 15) is 9.18 Å². The Bertz CT molecular complexity index is 866. The Morgan fingerprint density at radius 2 is 2.15 bits per heavy atom. The molecule has 2 unspecified atom stereocenters. The van der Waals surface area contributed by atoms with Crippen molar-refractivity contribution >= 4 is 18.3 Å². The molecule has 27 heavy (non-hydrogen) atoms. The first-order valence-electron chi connectivity index (χ1n) is 9.38. The van der Waals surface area contributed by atoms with Crippen LogP contribution in [0.5, 0.6) is 0 Å². The van der Waals surface area contributed by atoms with Crippen molar-refractivity contribution in [2.75, 3.05) is 13.1 Å². The molecule has 1 aromatic carbocycles. The van der Waals surface area contributed by atoms with Gasteiger partial charge in [0, 0.05) is 23.8 Å². The van der Waals surface area contributed by atoms with Crippen LogP contribution in [0.1, 0.15) is 47.1 Å². The van der Waals surface area contributed by atoms with E-state index >= 15 is 0 Å². The van der Waals surface area contributed by atoms with Crippen molar-refractivity contribution in [2.45, 2.75) is 45.6 Å². The van der Waals surface area contributed by atoms with Gasteiger partial charge < -0.3 is 10.6 Å². The highest BCUT2D eigenvalue weighted by Gasteiger charge is 2.36. The number of amides is 1. The van der Waals surface area contributed by atoms with E-state index in [0.29, 0.717) is 30.4 Å². The van der Waals surface area contributed by atoms with Gasteiger partial charge in [0.15, 0.2) is 5.69 Å². The highest BCUT2D eigenvalue weighted by Crippen LogP contribution is 2.31. The molecule has 0 radical (unpaired) electrons. The van der Waals surface area contributed by atoms with Crippen molar-refractivity contribution in [1.29, 1.82) is 0 Å². The van der Waals surface area contributed by atoms with Gasteiger partial charge in [0.2, 0.25) is 0 Å². The van der Waals surface area contributed by atoms with Crippen LogP contribution in [0.4, 0.5) is 4.39 Å². The molecular formula is C20H26ClFN4O. The second-order valence-corrected chi connectivity index (χ2v) is 7.64. The van der Waals surface area contributed by atoms with Crippen LogP contribution >= 0.6 is 12.4 Å². The molecule has 1 amide bonds. The highest BCUT2D eigenvalue weighted by molar-refractivity contribution is 5.94. The number of carbonyl (C=O) groups excluding carboxylic acids is 1. The van der Waals surface area contributed by atoms with Crippen molar-refractivity contribution in [3.05, 3.63) is 46.5 Å². The molecule has 2 N–H and O–H groups in total. The fraction of sp³-hybridized carbons (Fsp3) is 0.500. The first-order chi connectivity index (χ1) is 12.5. The van der Waals surface area contributed by atoms with Crippen LogP contribution in [-0.4, -0.2) is 39.7 Å². The maximum absolute atomic E-state index is 14.5. The van der Waals surface area contributed by atoms with Gasteiger partial charge in [-0.2, -0.15) is 5.10 Å². The van der Waals surface area contributed by atoms with Crippen LogP contribution in [0.2, 0.25) is 0 Å². The fourth-order valence-electron chi connectivity index (χ4n) is 4.32. The van der Waals surface area contributed by atoms with E-state index in [1.54, 1.807) is 10.7 Å². The van der Waals surface area contributed by atoms with Gasteiger partial charge in [0.05, 0.1) is 0 Å². The predicted molar refractivity (Wildman–Crippen MR) is 105 cm³/mol. The Morgan fingerprint density at radius 1 is 1.37 bits per heavy atom. The summed E-state index contributed by atoms with van der Waals surface area (Å²) in [6.45, 7) is 5.19. The lowest BCUT2D eigenvalue weighted by Gasteiger charge is -2.20. The molecular weight excluding hydrogens is 367 g/mol. The summed E-state index contributed by atoms with van der Waals surface area (Å²) in [5, 5.41) is 4.58. The second kappa shape index (κ2) is 7.60. The zero-order valence-corrected chi connectivity index (χ0v) is 16.6. The van der Waals surface area contributed by atoms with Crippen LogP contribution in [0.15, 0.2) is 18.2 Å². The average molecular weight is 393 g/mol.